The standard InChI is InChI=1S/C59H39NO/c1-4-14-40(15-5-1)42-24-29-48(30-25-42)60(49-31-26-43(27-32-49)41-16-6-2-7-17-41)50-33-34-52-54-38-47(28-35-57(54)61-58(52)39-50)59(46-20-8-3-9-21-46)55-23-13-12-22-51(55)53-36-44-18-10-11-19-45(44)37-56(53)59/h1-39H. The summed E-state index contributed by atoms with van der Waals surface area (Å²) >= 11 is 0. The third kappa shape index (κ3) is 5.64. The summed E-state index contributed by atoms with van der Waals surface area (Å²) in [6.07, 6.45) is 0. The highest BCUT2D eigenvalue weighted by Gasteiger charge is 2.46. The molecule has 1 heterocycles. The number of benzene rings is 10. The molecular formula is C59H39NO. The highest BCUT2D eigenvalue weighted by Crippen LogP contribution is 2.57. The second-order valence-electron chi connectivity index (χ2n) is 16.1. The van der Waals surface area contributed by atoms with Crippen LogP contribution >= 0.6 is 0 Å². The van der Waals surface area contributed by atoms with E-state index in [2.05, 4.69) is 241 Å². The predicted molar refractivity (Wildman–Crippen MR) is 254 cm³/mol. The van der Waals surface area contributed by atoms with Crippen LogP contribution in [0.25, 0.3) is 66.1 Å². The molecule has 286 valence electrons. The Morgan fingerprint density at radius 1 is 0.311 bits per heavy atom. The lowest BCUT2D eigenvalue weighted by molar-refractivity contribution is 0.668. The molecule has 61 heavy (non-hydrogen) atoms. The van der Waals surface area contributed by atoms with Crippen molar-refractivity contribution in [3.05, 3.63) is 259 Å². The fraction of sp³-hybridized carbons (Fsp3) is 0.0169. The van der Waals surface area contributed by atoms with Crippen molar-refractivity contribution >= 4 is 49.8 Å². The molecule has 1 aromatic heterocycles. The van der Waals surface area contributed by atoms with Gasteiger partial charge in [-0.3, -0.25) is 0 Å². The molecule has 0 spiro atoms. The molecule has 0 saturated carbocycles. The molecule has 0 saturated heterocycles. The molecule has 0 aliphatic heterocycles. The van der Waals surface area contributed by atoms with Crippen LogP contribution in [0.2, 0.25) is 0 Å². The van der Waals surface area contributed by atoms with Crippen molar-refractivity contribution in [2.24, 2.45) is 0 Å². The lowest BCUT2D eigenvalue weighted by Gasteiger charge is -2.34. The Balaban J connectivity index is 1.02. The Hall–Kier alpha value is -7.94. The zero-order chi connectivity index (χ0) is 40.3. The summed E-state index contributed by atoms with van der Waals surface area (Å²) in [5, 5.41) is 4.69. The van der Waals surface area contributed by atoms with Gasteiger partial charge in [-0.05, 0) is 127 Å². The monoisotopic (exact) mass is 777 g/mol. The fourth-order valence-corrected chi connectivity index (χ4v) is 9.89. The van der Waals surface area contributed by atoms with Gasteiger partial charge in [0.15, 0.2) is 0 Å². The molecule has 12 rings (SSSR count). The van der Waals surface area contributed by atoms with Gasteiger partial charge in [-0.2, -0.15) is 0 Å². The first kappa shape index (κ1) is 35.0. The van der Waals surface area contributed by atoms with Gasteiger partial charge in [-0.25, -0.2) is 0 Å². The first-order valence-corrected chi connectivity index (χ1v) is 21.0. The molecule has 2 heteroatoms. The summed E-state index contributed by atoms with van der Waals surface area (Å²) in [5.74, 6) is 0. The summed E-state index contributed by atoms with van der Waals surface area (Å²) in [4.78, 5) is 2.32. The van der Waals surface area contributed by atoms with E-state index in [0.29, 0.717) is 0 Å². The molecule has 1 aliphatic carbocycles. The van der Waals surface area contributed by atoms with Crippen LogP contribution in [-0.4, -0.2) is 0 Å². The molecule has 0 N–H and O–H groups in total. The normalized spacial score (nSPS) is 14.3. The third-order valence-corrected chi connectivity index (χ3v) is 12.7. The molecule has 10 aromatic carbocycles. The van der Waals surface area contributed by atoms with Crippen LogP contribution in [0.1, 0.15) is 22.3 Å². The number of anilines is 3. The van der Waals surface area contributed by atoms with E-state index in [1.165, 1.54) is 66.4 Å². The molecule has 2 nitrogen and oxygen atoms in total. The van der Waals surface area contributed by atoms with Crippen LogP contribution < -0.4 is 4.90 Å². The van der Waals surface area contributed by atoms with Crippen molar-refractivity contribution in [1.29, 1.82) is 0 Å². The SMILES string of the molecule is c1ccc(-c2ccc(N(c3ccc(-c4ccccc4)cc3)c3ccc4c(c3)oc3ccc(C5(c6ccccc6)c6ccccc6-c6cc7ccccc7cc65)cc34)cc2)cc1. The molecule has 0 fully saturated rings. The number of rotatable bonds is 7. The van der Waals surface area contributed by atoms with Gasteiger partial charge >= 0.3 is 0 Å². The maximum Gasteiger partial charge on any atom is 0.137 e. The molecular weight excluding hydrogens is 739 g/mol. The summed E-state index contributed by atoms with van der Waals surface area (Å²) in [7, 11) is 0. The van der Waals surface area contributed by atoms with Crippen LogP contribution in [0.5, 0.6) is 0 Å². The van der Waals surface area contributed by atoms with E-state index in [-0.39, 0.29) is 0 Å². The molecule has 0 radical (unpaired) electrons. The number of hydrogen-bond acceptors (Lipinski definition) is 2. The Morgan fingerprint density at radius 2 is 0.852 bits per heavy atom. The number of hydrogen-bond donors (Lipinski definition) is 0. The summed E-state index contributed by atoms with van der Waals surface area (Å²) in [6.45, 7) is 0. The molecule has 1 aliphatic rings. The van der Waals surface area contributed by atoms with E-state index in [1.54, 1.807) is 0 Å². The predicted octanol–water partition coefficient (Wildman–Crippen LogP) is 15.9. The first-order chi connectivity index (χ1) is 30.2. The maximum absolute atomic E-state index is 6.80. The van der Waals surface area contributed by atoms with E-state index in [9.17, 15) is 0 Å². The van der Waals surface area contributed by atoms with Gasteiger partial charge in [-0.1, -0.05) is 170 Å². The Morgan fingerprint density at radius 3 is 1.51 bits per heavy atom. The van der Waals surface area contributed by atoms with Gasteiger partial charge in [-0.15, -0.1) is 0 Å². The number of nitrogens with zero attached hydrogens (tertiary/aromatic N) is 1. The zero-order valence-corrected chi connectivity index (χ0v) is 33.4. The van der Waals surface area contributed by atoms with Crippen molar-refractivity contribution in [2.45, 2.75) is 5.41 Å². The van der Waals surface area contributed by atoms with Crippen molar-refractivity contribution < 1.29 is 4.42 Å². The number of furan rings is 1. The third-order valence-electron chi connectivity index (χ3n) is 12.7. The van der Waals surface area contributed by atoms with E-state index in [0.717, 1.165) is 39.0 Å². The van der Waals surface area contributed by atoms with E-state index in [4.69, 9.17) is 4.42 Å². The van der Waals surface area contributed by atoms with Gasteiger partial charge in [0.05, 0.1) is 5.41 Å². The average Bonchev–Trinajstić information content (AvgIpc) is 3.84. The lowest BCUT2D eigenvalue weighted by atomic mass is 9.67. The maximum atomic E-state index is 6.80. The minimum Gasteiger partial charge on any atom is -0.456 e. The van der Waals surface area contributed by atoms with Crippen LogP contribution in [0.3, 0.4) is 0 Å². The summed E-state index contributed by atoms with van der Waals surface area (Å²) in [5.41, 5.74) is 16.8. The van der Waals surface area contributed by atoms with Crippen LogP contribution in [0.15, 0.2) is 241 Å². The van der Waals surface area contributed by atoms with Gasteiger partial charge < -0.3 is 9.32 Å². The fourth-order valence-electron chi connectivity index (χ4n) is 9.89. The van der Waals surface area contributed by atoms with Crippen molar-refractivity contribution in [3.8, 4) is 33.4 Å². The molecule has 1 atom stereocenters. The number of fused-ring (bicyclic) bond motifs is 7. The zero-order valence-electron chi connectivity index (χ0n) is 33.4. The van der Waals surface area contributed by atoms with Crippen LogP contribution in [0.4, 0.5) is 17.1 Å². The molecule has 1 unspecified atom stereocenters. The minimum absolute atomic E-state index is 0.524. The average molecular weight is 778 g/mol. The van der Waals surface area contributed by atoms with Gasteiger partial charge in [0, 0.05) is 33.9 Å². The molecule has 0 amide bonds. The van der Waals surface area contributed by atoms with E-state index in [1.807, 2.05) is 0 Å². The smallest absolute Gasteiger partial charge is 0.137 e. The molecule has 0 bridgehead atoms. The Labute approximate surface area is 355 Å². The van der Waals surface area contributed by atoms with Crippen molar-refractivity contribution in [1.82, 2.24) is 0 Å². The second kappa shape index (κ2) is 14.1. The largest absolute Gasteiger partial charge is 0.456 e. The Kier molecular flexibility index (Phi) is 8.11. The van der Waals surface area contributed by atoms with Gasteiger partial charge in [0.25, 0.3) is 0 Å². The van der Waals surface area contributed by atoms with Gasteiger partial charge in [0.2, 0.25) is 0 Å². The summed E-state index contributed by atoms with van der Waals surface area (Å²) < 4.78 is 6.80. The Bertz CT molecular complexity index is 3310. The second-order valence-corrected chi connectivity index (χ2v) is 16.1. The topological polar surface area (TPSA) is 16.4 Å². The van der Waals surface area contributed by atoms with E-state index < -0.39 is 5.41 Å². The quantitative estimate of drug-likeness (QED) is 0.160. The minimum atomic E-state index is -0.524. The van der Waals surface area contributed by atoms with Crippen LogP contribution in [-0.2, 0) is 5.41 Å². The van der Waals surface area contributed by atoms with Gasteiger partial charge in [0.1, 0.15) is 11.2 Å². The highest BCUT2D eigenvalue weighted by molar-refractivity contribution is 6.07. The van der Waals surface area contributed by atoms with Crippen molar-refractivity contribution in [3.63, 3.8) is 0 Å². The molecule has 11 aromatic rings. The lowest BCUT2D eigenvalue weighted by Crippen LogP contribution is -2.28. The van der Waals surface area contributed by atoms with Crippen molar-refractivity contribution in [2.75, 3.05) is 4.90 Å². The van der Waals surface area contributed by atoms with Crippen LogP contribution in [0, 0.1) is 0 Å². The first-order valence-electron chi connectivity index (χ1n) is 21.0. The van der Waals surface area contributed by atoms with E-state index >= 15 is 0 Å². The highest BCUT2D eigenvalue weighted by atomic mass is 16.3. The summed E-state index contributed by atoms with van der Waals surface area (Å²) in [6, 6.07) is 85.9.